The molecule has 2 heteroatoms. The number of hydrogen-bond acceptors (Lipinski definition) is 2. The van der Waals surface area contributed by atoms with Gasteiger partial charge in [-0.2, -0.15) is 0 Å². The van der Waals surface area contributed by atoms with Gasteiger partial charge >= 0.3 is 0 Å². The van der Waals surface area contributed by atoms with E-state index in [1.54, 1.807) is 0 Å². The van der Waals surface area contributed by atoms with Gasteiger partial charge in [0.1, 0.15) is 0 Å². The molecule has 106 valence electrons. The van der Waals surface area contributed by atoms with E-state index in [2.05, 4.69) is 48.2 Å². The maximum atomic E-state index is 5.87. The Hall–Kier alpha value is -1.54. The van der Waals surface area contributed by atoms with E-state index in [1.165, 1.54) is 54.4 Å². The number of hydrogen-bond donors (Lipinski definition) is 1. The van der Waals surface area contributed by atoms with Gasteiger partial charge in [0.25, 0.3) is 0 Å². The third-order valence-electron chi connectivity index (χ3n) is 4.74. The van der Waals surface area contributed by atoms with Gasteiger partial charge in [0.2, 0.25) is 0 Å². The third-order valence-corrected chi connectivity index (χ3v) is 4.74. The molecule has 1 fully saturated rings. The second-order valence-corrected chi connectivity index (χ2v) is 5.83. The molecule has 2 aromatic rings. The van der Waals surface area contributed by atoms with Crippen LogP contribution in [0.15, 0.2) is 36.4 Å². The minimum atomic E-state index is 0.610. The fourth-order valence-corrected chi connectivity index (χ4v) is 3.38. The fraction of sp³-hybridized carbons (Fsp3) is 0.444. The molecule has 2 aromatic carbocycles. The Kier molecular flexibility index (Phi) is 3.93. The van der Waals surface area contributed by atoms with Crippen molar-refractivity contribution in [2.75, 3.05) is 18.0 Å². The monoisotopic (exact) mass is 268 g/mol. The Morgan fingerprint density at radius 1 is 1.05 bits per heavy atom. The highest BCUT2D eigenvalue weighted by atomic mass is 15.1. The van der Waals surface area contributed by atoms with Gasteiger partial charge in [-0.05, 0) is 35.8 Å². The van der Waals surface area contributed by atoms with Crippen molar-refractivity contribution in [3.63, 3.8) is 0 Å². The van der Waals surface area contributed by atoms with Gasteiger partial charge in [-0.3, -0.25) is 0 Å². The molecule has 3 rings (SSSR count). The van der Waals surface area contributed by atoms with Crippen LogP contribution in [0.5, 0.6) is 0 Å². The lowest BCUT2D eigenvalue weighted by molar-refractivity contribution is 0.395. The van der Waals surface area contributed by atoms with Crippen molar-refractivity contribution in [2.24, 2.45) is 11.7 Å². The fourth-order valence-electron chi connectivity index (χ4n) is 3.38. The highest BCUT2D eigenvalue weighted by Gasteiger charge is 2.19. The summed E-state index contributed by atoms with van der Waals surface area (Å²) in [5.74, 6) is 0.917. The van der Waals surface area contributed by atoms with Gasteiger partial charge < -0.3 is 10.6 Å². The summed E-state index contributed by atoms with van der Waals surface area (Å²) in [5, 5.41) is 2.66. The molecule has 0 saturated carbocycles. The van der Waals surface area contributed by atoms with Crippen molar-refractivity contribution in [3.05, 3.63) is 42.0 Å². The zero-order valence-electron chi connectivity index (χ0n) is 12.3. The molecule has 0 aliphatic carbocycles. The quantitative estimate of drug-likeness (QED) is 0.914. The lowest BCUT2D eigenvalue weighted by atomic mass is 9.93. The van der Waals surface area contributed by atoms with E-state index >= 15 is 0 Å². The molecule has 0 bridgehead atoms. The van der Waals surface area contributed by atoms with Crippen LogP contribution in [0, 0.1) is 5.92 Å². The third kappa shape index (κ3) is 2.40. The van der Waals surface area contributed by atoms with Gasteiger partial charge in [0, 0.05) is 30.7 Å². The number of anilines is 1. The van der Waals surface area contributed by atoms with E-state index in [0.29, 0.717) is 6.54 Å². The molecule has 0 spiro atoms. The first kappa shape index (κ1) is 13.4. The SMILES string of the molecule is CCC1CCN(c2ccc(CN)c3ccccc23)CC1. The topological polar surface area (TPSA) is 29.3 Å². The molecule has 2 nitrogen and oxygen atoms in total. The second-order valence-electron chi connectivity index (χ2n) is 5.83. The summed E-state index contributed by atoms with van der Waals surface area (Å²) < 4.78 is 0. The lowest BCUT2D eigenvalue weighted by Gasteiger charge is -2.34. The number of nitrogens with zero attached hydrogens (tertiary/aromatic N) is 1. The van der Waals surface area contributed by atoms with E-state index < -0.39 is 0 Å². The molecule has 1 aliphatic heterocycles. The van der Waals surface area contributed by atoms with Gasteiger partial charge in [-0.25, -0.2) is 0 Å². The van der Waals surface area contributed by atoms with E-state index in [9.17, 15) is 0 Å². The number of rotatable bonds is 3. The Morgan fingerprint density at radius 3 is 2.40 bits per heavy atom. The van der Waals surface area contributed by atoms with Gasteiger partial charge in [-0.1, -0.05) is 43.7 Å². The molecule has 0 atom stereocenters. The highest BCUT2D eigenvalue weighted by Crippen LogP contribution is 2.32. The normalized spacial score (nSPS) is 16.8. The van der Waals surface area contributed by atoms with Gasteiger partial charge in [-0.15, -0.1) is 0 Å². The van der Waals surface area contributed by atoms with Crippen LogP contribution in [0.1, 0.15) is 31.7 Å². The number of fused-ring (bicyclic) bond motifs is 1. The molecule has 20 heavy (non-hydrogen) atoms. The van der Waals surface area contributed by atoms with Crippen LogP contribution in [0.3, 0.4) is 0 Å². The summed E-state index contributed by atoms with van der Waals surface area (Å²) in [6, 6.07) is 13.1. The van der Waals surface area contributed by atoms with E-state index in [-0.39, 0.29) is 0 Å². The molecule has 2 N–H and O–H groups in total. The zero-order valence-corrected chi connectivity index (χ0v) is 12.3. The molecule has 0 amide bonds. The second kappa shape index (κ2) is 5.84. The van der Waals surface area contributed by atoms with Crippen LogP contribution >= 0.6 is 0 Å². The maximum Gasteiger partial charge on any atom is 0.0446 e. The van der Waals surface area contributed by atoms with Crippen molar-refractivity contribution in [2.45, 2.75) is 32.7 Å². The molecule has 0 unspecified atom stereocenters. The number of benzene rings is 2. The van der Waals surface area contributed by atoms with Crippen LogP contribution in [-0.4, -0.2) is 13.1 Å². The largest absolute Gasteiger partial charge is 0.371 e. The van der Waals surface area contributed by atoms with Crippen molar-refractivity contribution >= 4 is 16.5 Å². The van der Waals surface area contributed by atoms with Crippen LogP contribution in [0.25, 0.3) is 10.8 Å². The Morgan fingerprint density at radius 2 is 1.75 bits per heavy atom. The lowest BCUT2D eigenvalue weighted by Crippen LogP contribution is -2.33. The first-order valence-corrected chi connectivity index (χ1v) is 7.79. The van der Waals surface area contributed by atoms with E-state index in [4.69, 9.17) is 5.73 Å². The molecule has 1 saturated heterocycles. The molecule has 0 radical (unpaired) electrons. The molecule has 1 heterocycles. The molecule has 0 aromatic heterocycles. The predicted octanol–water partition coefficient (Wildman–Crippen LogP) is 3.92. The number of nitrogens with two attached hydrogens (primary N) is 1. The first-order valence-electron chi connectivity index (χ1n) is 7.79. The van der Waals surface area contributed by atoms with Crippen LogP contribution < -0.4 is 10.6 Å². The molecular weight excluding hydrogens is 244 g/mol. The Bertz CT molecular complexity index is 583. The summed E-state index contributed by atoms with van der Waals surface area (Å²) in [5.41, 5.74) is 8.49. The van der Waals surface area contributed by atoms with Crippen molar-refractivity contribution < 1.29 is 0 Å². The summed E-state index contributed by atoms with van der Waals surface area (Å²) in [7, 11) is 0. The minimum Gasteiger partial charge on any atom is -0.371 e. The summed E-state index contributed by atoms with van der Waals surface area (Å²) in [6.45, 7) is 5.29. The Balaban J connectivity index is 1.96. The van der Waals surface area contributed by atoms with Crippen molar-refractivity contribution in [1.29, 1.82) is 0 Å². The van der Waals surface area contributed by atoms with E-state index in [0.717, 1.165) is 5.92 Å². The average molecular weight is 268 g/mol. The summed E-state index contributed by atoms with van der Waals surface area (Å²) >= 11 is 0. The zero-order chi connectivity index (χ0) is 13.9. The smallest absolute Gasteiger partial charge is 0.0446 e. The summed E-state index contributed by atoms with van der Waals surface area (Å²) in [4.78, 5) is 2.55. The molecule has 1 aliphatic rings. The predicted molar refractivity (Wildman–Crippen MR) is 87.1 cm³/mol. The van der Waals surface area contributed by atoms with Crippen molar-refractivity contribution in [1.82, 2.24) is 0 Å². The van der Waals surface area contributed by atoms with Crippen LogP contribution in [0.2, 0.25) is 0 Å². The van der Waals surface area contributed by atoms with Crippen molar-refractivity contribution in [3.8, 4) is 0 Å². The van der Waals surface area contributed by atoms with Crippen LogP contribution in [0.4, 0.5) is 5.69 Å². The van der Waals surface area contributed by atoms with Gasteiger partial charge in [0.15, 0.2) is 0 Å². The molecular formula is C18H24N2. The number of piperidine rings is 1. The van der Waals surface area contributed by atoms with Crippen LogP contribution in [-0.2, 0) is 6.54 Å². The van der Waals surface area contributed by atoms with Gasteiger partial charge in [0.05, 0.1) is 0 Å². The standard InChI is InChI=1S/C18H24N2/c1-2-14-9-11-20(12-10-14)18-8-7-15(13-19)16-5-3-4-6-17(16)18/h3-8,14H,2,9-13,19H2,1H3. The highest BCUT2D eigenvalue weighted by molar-refractivity contribution is 5.96. The van der Waals surface area contributed by atoms with E-state index in [1.807, 2.05) is 0 Å². The maximum absolute atomic E-state index is 5.87. The first-order chi connectivity index (χ1) is 9.83. The average Bonchev–Trinajstić information content (AvgIpc) is 2.54. The summed E-state index contributed by atoms with van der Waals surface area (Å²) in [6.07, 6.45) is 3.97. The Labute approximate surface area is 121 Å². The minimum absolute atomic E-state index is 0.610.